The number of nitrogens with one attached hydrogen (secondary N) is 1. The van der Waals surface area contributed by atoms with E-state index in [2.05, 4.69) is 46.6 Å². The third-order valence-electron chi connectivity index (χ3n) is 5.76. The minimum absolute atomic E-state index is 0.0342. The summed E-state index contributed by atoms with van der Waals surface area (Å²) in [6.45, 7) is 5.81. The molecule has 3 heterocycles. The van der Waals surface area contributed by atoms with Crippen molar-refractivity contribution in [3.8, 4) is 0 Å². The first-order chi connectivity index (χ1) is 13.6. The molecule has 0 spiro atoms. The third-order valence-corrected chi connectivity index (χ3v) is 6.72. The second-order valence-corrected chi connectivity index (χ2v) is 9.06. The summed E-state index contributed by atoms with van der Waals surface area (Å²) >= 11 is 1.73. The van der Waals surface area contributed by atoms with E-state index in [1.54, 1.807) is 17.5 Å². The molecule has 28 heavy (non-hydrogen) atoms. The van der Waals surface area contributed by atoms with Gasteiger partial charge in [-0.1, -0.05) is 18.9 Å². The van der Waals surface area contributed by atoms with E-state index in [1.165, 1.54) is 30.6 Å². The number of rotatable bonds is 5. The smallest absolute Gasteiger partial charge is 0.253 e. The lowest BCUT2D eigenvalue weighted by Gasteiger charge is -2.36. The van der Waals surface area contributed by atoms with Crippen molar-refractivity contribution >= 4 is 23.1 Å². The average Bonchev–Trinajstić information content (AvgIpc) is 3.39. The van der Waals surface area contributed by atoms with Gasteiger partial charge in [-0.3, -0.25) is 4.79 Å². The Labute approximate surface area is 171 Å². The minimum atomic E-state index is -0.0342. The van der Waals surface area contributed by atoms with Crippen LogP contribution in [0, 0.1) is 5.92 Å². The van der Waals surface area contributed by atoms with Crippen molar-refractivity contribution in [2.75, 3.05) is 18.0 Å². The molecule has 150 valence electrons. The largest absolute Gasteiger partial charge is 0.372 e. The number of carbonyl (C=O) groups is 1. The number of carbonyl (C=O) groups excluding carboxylic acids is 1. The van der Waals surface area contributed by atoms with Crippen molar-refractivity contribution in [3.05, 3.63) is 46.3 Å². The molecule has 2 aromatic rings. The van der Waals surface area contributed by atoms with Gasteiger partial charge in [0.15, 0.2) is 0 Å². The van der Waals surface area contributed by atoms with E-state index in [4.69, 9.17) is 4.74 Å². The number of hydrogen-bond donors (Lipinski definition) is 1. The Balaban J connectivity index is 1.45. The number of anilines is 1. The lowest BCUT2D eigenvalue weighted by atomic mass is 9.96. The van der Waals surface area contributed by atoms with Crippen LogP contribution in [0.1, 0.15) is 60.8 Å². The summed E-state index contributed by atoms with van der Waals surface area (Å²) in [5.74, 6) is 1.41. The number of hydrogen-bond acceptors (Lipinski definition) is 5. The fourth-order valence-electron chi connectivity index (χ4n) is 4.48. The molecule has 2 fully saturated rings. The summed E-state index contributed by atoms with van der Waals surface area (Å²) < 4.78 is 5.80. The van der Waals surface area contributed by atoms with E-state index in [0.29, 0.717) is 11.5 Å². The van der Waals surface area contributed by atoms with Crippen LogP contribution in [0.3, 0.4) is 0 Å². The third kappa shape index (κ3) is 4.39. The average molecular weight is 400 g/mol. The summed E-state index contributed by atoms with van der Waals surface area (Å²) in [6, 6.07) is 8.15. The van der Waals surface area contributed by atoms with Gasteiger partial charge in [0, 0.05) is 24.2 Å². The highest BCUT2D eigenvalue weighted by Crippen LogP contribution is 2.37. The quantitative estimate of drug-likeness (QED) is 0.809. The maximum Gasteiger partial charge on any atom is 0.253 e. The van der Waals surface area contributed by atoms with Crippen LogP contribution in [0.15, 0.2) is 35.8 Å². The Hall–Kier alpha value is -1.92. The maximum absolute atomic E-state index is 12.9. The van der Waals surface area contributed by atoms with E-state index in [0.717, 1.165) is 18.9 Å². The van der Waals surface area contributed by atoms with Crippen LogP contribution >= 0.6 is 11.3 Å². The predicted octanol–water partition coefficient (Wildman–Crippen LogP) is 4.42. The van der Waals surface area contributed by atoms with Crippen molar-refractivity contribution in [2.24, 2.45) is 5.92 Å². The van der Waals surface area contributed by atoms with Gasteiger partial charge in [-0.2, -0.15) is 0 Å². The molecular weight excluding hydrogens is 370 g/mol. The van der Waals surface area contributed by atoms with Gasteiger partial charge in [-0.15, -0.1) is 11.3 Å². The summed E-state index contributed by atoms with van der Waals surface area (Å²) in [6.07, 6.45) is 6.97. The monoisotopic (exact) mass is 399 g/mol. The standard InChI is InChI=1S/C22H29N3O2S/c1-15-13-25(14-16(2)27-15)20-10-9-18(12-23-20)22(26)24-21(17-6-3-4-7-17)19-8-5-11-28-19/h5,8-12,15-17,21H,3-4,6-7,13-14H2,1-2H3,(H,24,26)/t15-,16+,21-/m0/s1. The number of nitrogens with zero attached hydrogens (tertiary/aromatic N) is 2. The van der Waals surface area contributed by atoms with Crippen LogP contribution in [0.4, 0.5) is 5.82 Å². The lowest BCUT2D eigenvalue weighted by molar-refractivity contribution is -0.00546. The molecule has 5 nitrogen and oxygen atoms in total. The number of pyridine rings is 1. The van der Waals surface area contributed by atoms with E-state index < -0.39 is 0 Å². The molecule has 1 saturated heterocycles. The molecule has 3 atom stereocenters. The number of aromatic nitrogens is 1. The van der Waals surface area contributed by atoms with Crippen molar-refractivity contribution in [1.29, 1.82) is 0 Å². The first kappa shape index (κ1) is 19.4. The molecule has 1 saturated carbocycles. The number of thiophene rings is 1. The SMILES string of the molecule is C[C@@H]1CN(c2ccc(C(=O)N[C@H](c3cccs3)C3CCCC3)cn2)C[C@H](C)O1. The second-order valence-electron chi connectivity index (χ2n) is 8.08. The highest BCUT2D eigenvalue weighted by molar-refractivity contribution is 7.10. The van der Waals surface area contributed by atoms with E-state index >= 15 is 0 Å². The van der Waals surface area contributed by atoms with Gasteiger partial charge in [0.2, 0.25) is 0 Å². The molecule has 2 aliphatic rings. The Morgan fingerprint density at radius 3 is 2.57 bits per heavy atom. The molecule has 0 bridgehead atoms. The summed E-state index contributed by atoms with van der Waals surface area (Å²) in [7, 11) is 0. The highest BCUT2D eigenvalue weighted by atomic mass is 32.1. The summed E-state index contributed by atoms with van der Waals surface area (Å²) in [5, 5.41) is 5.38. The predicted molar refractivity (Wildman–Crippen MR) is 113 cm³/mol. The van der Waals surface area contributed by atoms with Gasteiger partial charge in [0.25, 0.3) is 5.91 Å². The molecule has 0 unspecified atom stereocenters. The Bertz CT molecular complexity index is 762. The van der Waals surface area contributed by atoms with Crippen LogP contribution in [-0.4, -0.2) is 36.2 Å². The Morgan fingerprint density at radius 2 is 1.96 bits per heavy atom. The molecule has 0 radical (unpaired) electrons. The minimum Gasteiger partial charge on any atom is -0.372 e. The molecular formula is C22H29N3O2S. The van der Waals surface area contributed by atoms with Gasteiger partial charge in [-0.25, -0.2) is 4.98 Å². The second kappa shape index (κ2) is 8.62. The molecule has 1 N–H and O–H groups in total. The molecule has 4 rings (SSSR count). The molecule has 1 aliphatic heterocycles. The fourth-order valence-corrected chi connectivity index (χ4v) is 5.35. The maximum atomic E-state index is 12.9. The zero-order chi connectivity index (χ0) is 19.5. The molecule has 2 aromatic heterocycles. The van der Waals surface area contributed by atoms with E-state index in [9.17, 15) is 4.79 Å². The topological polar surface area (TPSA) is 54.5 Å². The zero-order valence-electron chi connectivity index (χ0n) is 16.6. The van der Waals surface area contributed by atoms with Gasteiger partial charge in [0.05, 0.1) is 23.8 Å². The molecule has 1 aliphatic carbocycles. The molecule has 0 aromatic carbocycles. The normalized spacial score (nSPS) is 24.3. The fraction of sp³-hybridized carbons (Fsp3) is 0.545. The summed E-state index contributed by atoms with van der Waals surface area (Å²) in [4.78, 5) is 21.0. The van der Waals surface area contributed by atoms with Crippen molar-refractivity contribution < 1.29 is 9.53 Å². The van der Waals surface area contributed by atoms with Gasteiger partial charge >= 0.3 is 0 Å². The van der Waals surface area contributed by atoms with E-state index in [-0.39, 0.29) is 24.2 Å². The van der Waals surface area contributed by atoms with Crippen molar-refractivity contribution in [1.82, 2.24) is 10.3 Å². The van der Waals surface area contributed by atoms with Crippen LogP contribution in [-0.2, 0) is 4.74 Å². The van der Waals surface area contributed by atoms with Gasteiger partial charge in [-0.05, 0) is 56.2 Å². The highest BCUT2D eigenvalue weighted by Gasteiger charge is 2.29. The summed E-state index contributed by atoms with van der Waals surface area (Å²) in [5.41, 5.74) is 0.623. The lowest BCUT2D eigenvalue weighted by Crippen LogP contribution is -2.45. The van der Waals surface area contributed by atoms with Crippen molar-refractivity contribution in [3.63, 3.8) is 0 Å². The van der Waals surface area contributed by atoms with Crippen LogP contribution in [0.25, 0.3) is 0 Å². The molecule has 6 heteroatoms. The van der Waals surface area contributed by atoms with Gasteiger partial charge in [0.1, 0.15) is 5.82 Å². The first-order valence-corrected chi connectivity index (χ1v) is 11.2. The zero-order valence-corrected chi connectivity index (χ0v) is 17.5. The van der Waals surface area contributed by atoms with Crippen molar-refractivity contribution in [2.45, 2.75) is 57.8 Å². The Morgan fingerprint density at radius 1 is 1.21 bits per heavy atom. The number of morpholine rings is 1. The van der Waals surface area contributed by atoms with Crippen LogP contribution < -0.4 is 10.2 Å². The first-order valence-electron chi connectivity index (χ1n) is 10.3. The van der Waals surface area contributed by atoms with Gasteiger partial charge < -0.3 is 15.0 Å². The Kier molecular flexibility index (Phi) is 5.97. The van der Waals surface area contributed by atoms with Crippen LogP contribution in [0.5, 0.6) is 0 Å². The molecule has 1 amide bonds. The van der Waals surface area contributed by atoms with E-state index in [1.807, 2.05) is 12.1 Å². The number of ether oxygens (including phenoxy) is 1. The van der Waals surface area contributed by atoms with Crippen LogP contribution in [0.2, 0.25) is 0 Å². The number of amides is 1.